The largest absolute Gasteiger partial charge is 0.472 e. The molecule has 3 aliphatic rings. The Morgan fingerprint density at radius 3 is 1.79 bits per heavy atom. The number of aromatic nitrogens is 12. The highest BCUT2D eigenvalue weighted by molar-refractivity contribution is 7.47. The predicted octanol–water partition coefficient (Wildman–Crippen LogP) is -4.78. The van der Waals surface area contributed by atoms with Gasteiger partial charge in [0.2, 0.25) is 23.5 Å². The first-order valence-corrected chi connectivity index (χ1v) is 21.6. The number of aromatic amines is 2. The third kappa shape index (κ3) is 7.86. The van der Waals surface area contributed by atoms with Gasteiger partial charge in [0.25, 0.3) is 0 Å². The molecule has 6 aromatic rings. The van der Waals surface area contributed by atoms with Crippen molar-refractivity contribution in [3.05, 3.63) is 38.0 Å². The van der Waals surface area contributed by atoms with Crippen LogP contribution in [0.3, 0.4) is 0 Å². The Kier molecular flexibility index (Phi) is 11.3. The van der Waals surface area contributed by atoms with Crippen LogP contribution in [0.5, 0.6) is 0 Å². The highest BCUT2D eigenvalue weighted by Crippen LogP contribution is 2.52. The first-order valence-electron chi connectivity index (χ1n) is 18.6. The lowest BCUT2D eigenvalue weighted by Crippen LogP contribution is -2.46. The fraction of sp³-hybridized carbons (Fsp3) is 0.500. The topological polar surface area (TPSA) is 453 Å². The maximum Gasteiger partial charge on any atom is 0.472 e. The van der Waals surface area contributed by atoms with Crippen LogP contribution >= 0.6 is 15.6 Å². The molecule has 9 heterocycles. The second-order valence-electron chi connectivity index (χ2n) is 14.4. The van der Waals surface area contributed by atoms with Gasteiger partial charge in [0, 0.05) is 0 Å². The van der Waals surface area contributed by atoms with E-state index in [9.17, 15) is 44.4 Å². The molecule has 15 N–H and O–H groups in total. The quantitative estimate of drug-likeness (QED) is 0.0360. The van der Waals surface area contributed by atoms with Gasteiger partial charge in [0.15, 0.2) is 54.6 Å². The van der Waals surface area contributed by atoms with Crippen molar-refractivity contribution in [3.63, 3.8) is 0 Å². The van der Waals surface area contributed by atoms with Crippen LogP contribution in [-0.4, -0.2) is 159 Å². The highest BCUT2D eigenvalue weighted by atomic mass is 31.2. The fourth-order valence-electron chi connectivity index (χ4n) is 7.52. The van der Waals surface area contributed by atoms with Crippen molar-refractivity contribution in [3.8, 4) is 0 Å². The van der Waals surface area contributed by atoms with Crippen LogP contribution < -0.4 is 26.3 Å². The van der Waals surface area contributed by atoms with Gasteiger partial charge in [-0.2, -0.15) is 9.97 Å². The molecule has 6 aromatic heterocycles. The minimum atomic E-state index is -5.31. The lowest BCUT2D eigenvalue weighted by Gasteiger charge is -2.25. The number of anilines is 3. The van der Waals surface area contributed by atoms with Gasteiger partial charge < -0.3 is 66.7 Å². The first kappa shape index (κ1) is 43.2. The summed E-state index contributed by atoms with van der Waals surface area (Å²) in [6.45, 7) is -2.63. The Bertz CT molecular complexity index is 2750. The number of rotatable bonds is 14. The Morgan fingerprint density at radius 2 is 1.19 bits per heavy atom. The standard InChI is InChI=1S/C30H37N15O16P2/c31-22-13-25(37-4-34-22)43(7-40-13)28-17(48)16(47)11(58-28)2-55-62(51,52)61-21-12(59-30(19(21)50)45-9-42-15-24(33)36-6-39-27(15)45)3-56-63(53,54)60-20-10(1-46)57-29(18(20)49)44-8-41-14-23(32)35-5-38-26(14)44/h4-12,16-21,28-30,46-50H,1-3H2,(H8,31,32,33,34,35,36,37,38,39,51,52,53,54)/p+2. The molecule has 0 amide bonds. The number of nitrogen functional groups attached to an aromatic ring is 3. The number of aliphatic hydroxyl groups is 5. The molecule has 0 bridgehead atoms. The Morgan fingerprint density at radius 1 is 0.667 bits per heavy atom. The van der Waals surface area contributed by atoms with Crippen LogP contribution in [0.25, 0.3) is 33.5 Å². The summed E-state index contributed by atoms with van der Waals surface area (Å²) < 4.78 is 69.5. The van der Waals surface area contributed by atoms with Crippen molar-refractivity contribution in [2.45, 2.75) is 73.6 Å². The number of imidazole rings is 3. The van der Waals surface area contributed by atoms with Crippen molar-refractivity contribution in [2.75, 3.05) is 37.0 Å². The molecule has 9 rings (SSSR count). The molecular formula is C30H39N15O16P2+2. The summed E-state index contributed by atoms with van der Waals surface area (Å²) in [5.74, 6) is 0.145. The van der Waals surface area contributed by atoms with Crippen molar-refractivity contribution < 1.29 is 85.9 Å². The molecule has 0 aromatic carbocycles. The summed E-state index contributed by atoms with van der Waals surface area (Å²) in [6, 6.07) is 0. The predicted molar refractivity (Wildman–Crippen MR) is 201 cm³/mol. The number of ether oxygens (including phenoxy) is 3. The molecule has 3 saturated heterocycles. The third-order valence-corrected chi connectivity index (χ3v) is 12.5. The van der Waals surface area contributed by atoms with Gasteiger partial charge in [-0.1, -0.05) is 9.97 Å². The summed E-state index contributed by atoms with van der Waals surface area (Å²) in [5, 5.41) is 54.5. The zero-order valence-electron chi connectivity index (χ0n) is 31.9. The van der Waals surface area contributed by atoms with E-state index in [0.29, 0.717) is 5.52 Å². The maximum atomic E-state index is 13.5. The molecule has 14 atom stereocenters. The number of phosphoric acid groups is 2. The Balaban J connectivity index is 0.910. The minimum absolute atomic E-state index is 0.0230. The zero-order chi connectivity index (χ0) is 44.5. The smallest absolute Gasteiger partial charge is 0.394 e. The molecule has 3 fully saturated rings. The second kappa shape index (κ2) is 16.5. The van der Waals surface area contributed by atoms with Crippen LogP contribution in [-0.2, 0) is 41.4 Å². The Labute approximate surface area is 350 Å². The number of nitrogens with two attached hydrogens (primary N) is 3. The van der Waals surface area contributed by atoms with Crippen LogP contribution in [0.15, 0.2) is 38.0 Å². The van der Waals surface area contributed by atoms with Crippen molar-refractivity contribution in [1.29, 1.82) is 0 Å². The van der Waals surface area contributed by atoms with E-state index in [1.807, 2.05) is 0 Å². The number of phosphoric ester groups is 2. The summed E-state index contributed by atoms with van der Waals surface area (Å²) in [7, 11) is -10.6. The van der Waals surface area contributed by atoms with Gasteiger partial charge in [-0.3, -0.25) is 32.6 Å². The number of hydrogen-bond donors (Lipinski definition) is 12. The van der Waals surface area contributed by atoms with E-state index in [4.69, 9.17) is 49.5 Å². The third-order valence-electron chi connectivity index (χ3n) is 10.6. The number of nitrogens with zero attached hydrogens (tertiary/aromatic N) is 10. The van der Waals surface area contributed by atoms with E-state index in [1.165, 1.54) is 39.0 Å². The molecule has 31 nitrogen and oxygen atoms in total. The summed E-state index contributed by atoms with van der Waals surface area (Å²) in [4.78, 5) is 55.6. The molecule has 63 heavy (non-hydrogen) atoms. The molecule has 0 saturated carbocycles. The minimum Gasteiger partial charge on any atom is -0.394 e. The molecule has 338 valence electrons. The van der Waals surface area contributed by atoms with Gasteiger partial charge in [-0.15, -0.1) is 0 Å². The van der Waals surface area contributed by atoms with E-state index in [2.05, 4.69) is 44.9 Å². The highest BCUT2D eigenvalue weighted by Gasteiger charge is 2.54. The summed E-state index contributed by atoms with van der Waals surface area (Å²) in [6.07, 6.45) is -11.8. The number of H-pyrrole nitrogens is 2. The van der Waals surface area contributed by atoms with Crippen molar-refractivity contribution in [2.24, 2.45) is 0 Å². The summed E-state index contributed by atoms with van der Waals surface area (Å²) in [5.41, 5.74) is 18.8. The first-order chi connectivity index (χ1) is 30.1. The average Bonchev–Trinajstić information content (AvgIpc) is 4.11. The van der Waals surface area contributed by atoms with Gasteiger partial charge in [-0.05, 0) is 0 Å². The van der Waals surface area contributed by atoms with E-state index >= 15 is 0 Å². The molecule has 3 aliphatic heterocycles. The van der Waals surface area contributed by atoms with Crippen LogP contribution in [0, 0.1) is 0 Å². The van der Waals surface area contributed by atoms with E-state index in [-0.39, 0.29) is 45.4 Å². The number of aliphatic hydroxyl groups excluding tert-OH is 5. The maximum absolute atomic E-state index is 13.5. The van der Waals surface area contributed by atoms with E-state index in [0.717, 1.165) is 12.7 Å². The molecule has 0 aliphatic carbocycles. The SMILES string of the molecule is Nc1ncnc2c1ncn2C1OC(CO)C(OP(=O)(O)OCC2OC([n+]3c[nH]c4c(N)ncnc43)C(O)C2OP(=O)(O)OCC2OC([n+]3c[nH]c4c(N)ncnc43)C(O)C2O)C1O. The molecular weight excluding hydrogens is 888 g/mol. The van der Waals surface area contributed by atoms with Gasteiger partial charge in [0.05, 0.1) is 26.1 Å². The van der Waals surface area contributed by atoms with Crippen molar-refractivity contribution in [1.82, 2.24) is 49.4 Å². The van der Waals surface area contributed by atoms with Crippen LogP contribution in [0.4, 0.5) is 17.5 Å². The monoisotopic (exact) mass is 927 g/mol. The van der Waals surface area contributed by atoms with Crippen molar-refractivity contribution >= 4 is 66.6 Å². The zero-order valence-corrected chi connectivity index (χ0v) is 33.7. The number of nitrogens with one attached hydrogen (secondary N) is 2. The fourth-order valence-corrected chi connectivity index (χ4v) is 9.45. The molecule has 33 heteroatoms. The van der Waals surface area contributed by atoms with E-state index in [1.54, 1.807) is 0 Å². The van der Waals surface area contributed by atoms with Crippen LogP contribution in [0.2, 0.25) is 0 Å². The lowest BCUT2D eigenvalue weighted by atomic mass is 10.1. The molecule has 0 radical (unpaired) electrons. The molecule has 0 spiro atoms. The van der Waals surface area contributed by atoms with E-state index < -0.39 is 109 Å². The van der Waals surface area contributed by atoms with Gasteiger partial charge in [0.1, 0.15) is 66.8 Å². The average molecular weight is 928 g/mol. The number of fused-ring (bicyclic) bond motifs is 3. The normalized spacial score (nSPS) is 31.9. The lowest BCUT2D eigenvalue weighted by molar-refractivity contribution is -0.745. The second-order valence-corrected chi connectivity index (χ2v) is 17.2. The number of hydrogen-bond acceptors (Lipinski definition) is 24. The van der Waals surface area contributed by atoms with Gasteiger partial charge >= 0.3 is 26.9 Å². The summed E-state index contributed by atoms with van der Waals surface area (Å²) >= 11 is 0. The van der Waals surface area contributed by atoms with Crippen LogP contribution in [0.1, 0.15) is 18.7 Å². The Hall–Kier alpha value is -5.05. The van der Waals surface area contributed by atoms with Gasteiger partial charge in [-0.25, -0.2) is 33.2 Å². The molecule has 14 unspecified atom stereocenters.